The Bertz CT molecular complexity index is 1470. The molecule has 3 heterocycles. The molecule has 5 rings (SSSR count). The van der Waals surface area contributed by atoms with Crippen LogP contribution in [0.15, 0.2) is 48.9 Å². The van der Waals surface area contributed by atoms with E-state index in [4.69, 9.17) is 10.8 Å². The molecule has 1 aliphatic rings. The summed E-state index contributed by atoms with van der Waals surface area (Å²) in [5.74, 6) is -0.543. The number of imidazole rings is 1. The van der Waals surface area contributed by atoms with E-state index in [0.29, 0.717) is 23.3 Å². The van der Waals surface area contributed by atoms with Crippen LogP contribution in [-0.4, -0.2) is 49.3 Å². The van der Waals surface area contributed by atoms with Crippen molar-refractivity contribution in [2.24, 2.45) is 11.7 Å². The molecule has 10 heteroatoms. The Kier molecular flexibility index (Phi) is 7.67. The second-order valence-electron chi connectivity index (χ2n) is 10.4. The van der Waals surface area contributed by atoms with Gasteiger partial charge in [0, 0.05) is 44.4 Å². The van der Waals surface area contributed by atoms with Crippen LogP contribution in [0.1, 0.15) is 55.1 Å². The number of aliphatic hydroxyl groups is 1. The minimum atomic E-state index is -0.734. The Labute approximate surface area is 225 Å². The third kappa shape index (κ3) is 5.53. The van der Waals surface area contributed by atoms with Crippen LogP contribution in [0.25, 0.3) is 16.8 Å². The summed E-state index contributed by atoms with van der Waals surface area (Å²) in [7, 11) is 0. The molecule has 1 saturated carbocycles. The molecule has 0 bridgehead atoms. The van der Waals surface area contributed by atoms with Crippen molar-refractivity contribution in [2.45, 2.75) is 57.5 Å². The van der Waals surface area contributed by atoms with Crippen LogP contribution in [0.5, 0.6) is 0 Å². The predicted octanol–water partition coefficient (Wildman–Crippen LogP) is 3.54. The largest absolute Gasteiger partial charge is 0.396 e. The molecule has 204 valence electrons. The van der Waals surface area contributed by atoms with Crippen LogP contribution in [0.2, 0.25) is 0 Å². The minimum absolute atomic E-state index is 0.0682. The lowest BCUT2D eigenvalue weighted by atomic mass is 9.72. The highest BCUT2D eigenvalue weighted by atomic mass is 19.1. The SMILES string of the molecule is CC(=O)N[C@@H]1[C@H](N)C[C@H](c2ccncc2Cc2ncc3ccc(-c4c(F)cc(CCO)cc4F)nn23)C[C@@H]1C. The van der Waals surface area contributed by atoms with E-state index in [1.807, 2.05) is 12.3 Å². The first-order valence-corrected chi connectivity index (χ1v) is 13.1. The van der Waals surface area contributed by atoms with E-state index in [0.717, 1.165) is 24.0 Å². The first-order valence-electron chi connectivity index (χ1n) is 13.1. The molecule has 8 nitrogen and oxygen atoms in total. The van der Waals surface area contributed by atoms with Crippen molar-refractivity contribution < 1.29 is 18.7 Å². The molecule has 1 amide bonds. The number of pyridine rings is 1. The highest BCUT2D eigenvalue weighted by Crippen LogP contribution is 2.37. The quantitative estimate of drug-likeness (QED) is 0.334. The van der Waals surface area contributed by atoms with Crippen molar-refractivity contribution in [1.82, 2.24) is 24.9 Å². The third-order valence-electron chi connectivity index (χ3n) is 7.60. The monoisotopic (exact) mass is 534 g/mol. The standard InChI is InChI=1S/C29H32F2N6O2/c1-16-9-19(12-25(32)29(16)35-17(2)39)22-5-7-33-14-20(22)13-27-34-15-21-3-4-26(36-37(21)27)28-23(30)10-18(6-8-38)11-24(28)31/h3-5,7,10-11,14-16,19,25,29,38H,6,8-9,12-13,32H2,1-2H3,(H,35,39)/t16-,19+,25+,29-/m0/s1. The van der Waals surface area contributed by atoms with E-state index >= 15 is 0 Å². The number of nitrogens with one attached hydrogen (secondary N) is 1. The Morgan fingerprint density at radius 1 is 1.18 bits per heavy atom. The molecule has 0 aliphatic heterocycles. The zero-order valence-corrected chi connectivity index (χ0v) is 21.9. The highest BCUT2D eigenvalue weighted by Gasteiger charge is 2.35. The van der Waals surface area contributed by atoms with Crippen LogP contribution in [-0.2, 0) is 17.6 Å². The van der Waals surface area contributed by atoms with Crippen LogP contribution < -0.4 is 11.1 Å². The van der Waals surface area contributed by atoms with E-state index in [1.54, 1.807) is 29.0 Å². The molecule has 1 aromatic carbocycles. The molecule has 0 spiro atoms. The minimum Gasteiger partial charge on any atom is -0.396 e. The molecule has 4 N–H and O–H groups in total. The van der Waals surface area contributed by atoms with E-state index in [-0.39, 0.29) is 54.1 Å². The van der Waals surface area contributed by atoms with Crippen molar-refractivity contribution in [3.05, 3.63) is 83.1 Å². The number of hydrogen-bond donors (Lipinski definition) is 3. The topological polar surface area (TPSA) is 118 Å². The molecule has 1 aliphatic carbocycles. The number of nitrogens with two attached hydrogens (primary N) is 1. The van der Waals surface area contributed by atoms with E-state index in [9.17, 15) is 13.6 Å². The molecular weight excluding hydrogens is 502 g/mol. The van der Waals surface area contributed by atoms with Crippen LogP contribution in [0, 0.1) is 17.6 Å². The average molecular weight is 535 g/mol. The Balaban J connectivity index is 1.45. The number of rotatable bonds is 7. The van der Waals surface area contributed by atoms with Gasteiger partial charge in [-0.2, -0.15) is 5.10 Å². The number of fused-ring (bicyclic) bond motifs is 1. The van der Waals surface area contributed by atoms with Crippen molar-refractivity contribution in [2.75, 3.05) is 6.61 Å². The summed E-state index contributed by atoms with van der Waals surface area (Å²) in [6.07, 6.45) is 7.43. The maximum atomic E-state index is 14.9. The van der Waals surface area contributed by atoms with Gasteiger partial charge in [-0.25, -0.2) is 18.3 Å². The Hall–Kier alpha value is -3.76. The number of aliphatic hydroxyl groups excluding tert-OH is 1. The second kappa shape index (κ2) is 11.2. The van der Waals surface area contributed by atoms with Gasteiger partial charge in [-0.15, -0.1) is 0 Å². The zero-order chi connectivity index (χ0) is 27.7. The number of hydrogen-bond acceptors (Lipinski definition) is 6. The van der Waals surface area contributed by atoms with Crippen LogP contribution in [0.4, 0.5) is 8.78 Å². The van der Waals surface area contributed by atoms with E-state index in [1.165, 1.54) is 19.1 Å². The lowest BCUT2D eigenvalue weighted by molar-refractivity contribution is -0.120. The summed E-state index contributed by atoms with van der Waals surface area (Å²) in [5, 5.41) is 16.7. The highest BCUT2D eigenvalue weighted by molar-refractivity contribution is 5.73. The lowest BCUT2D eigenvalue weighted by Gasteiger charge is -2.39. The summed E-state index contributed by atoms with van der Waals surface area (Å²) in [5.41, 5.74) is 9.60. The average Bonchev–Trinajstić information content (AvgIpc) is 3.28. The predicted molar refractivity (Wildman–Crippen MR) is 143 cm³/mol. The molecule has 0 unspecified atom stereocenters. The second-order valence-corrected chi connectivity index (χ2v) is 10.4. The molecule has 0 saturated heterocycles. The fourth-order valence-corrected chi connectivity index (χ4v) is 5.81. The number of amides is 1. The van der Waals surface area contributed by atoms with Crippen molar-refractivity contribution in [1.29, 1.82) is 0 Å². The van der Waals surface area contributed by atoms with Gasteiger partial charge in [0.1, 0.15) is 17.5 Å². The van der Waals surface area contributed by atoms with Gasteiger partial charge in [0.2, 0.25) is 5.91 Å². The van der Waals surface area contributed by atoms with Crippen LogP contribution in [0.3, 0.4) is 0 Å². The Morgan fingerprint density at radius 2 is 1.95 bits per heavy atom. The van der Waals surface area contributed by atoms with Gasteiger partial charge in [0.15, 0.2) is 0 Å². The maximum Gasteiger partial charge on any atom is 0.217 e. The number of benzene rings is 1. The summed E-state index contributed by atoms with van der Waals surface area (Å²) in [6.45, 7) is 3.42. The first-order chi connectivity index (χ1) is 18.7. The number of carbonyl (C=O) groups excluding carboxylic acids is 1. The number of carbonyl (C=O) groups is 1. The fraction of sp³-hybridized carbons (Fsp3) is 0.379. The molecule has 4 atom stereocenters. The number of halogens is 2. The number of aromatic nitrogens is 4. The van der Waals surface area contributed by atoms with Gasteiger partial charge < -0.3 is 16.2 Å². The van der Waals surface area contributed by atoms with Gasteiger partial charge in [-0.05, 0) is 78.1 Å². The molecule has 3 aromatic heterocycles. The summed E-state index contributed by atoms with van der Waals surface area (Å²) in [6, 6.07) is 7.52. The molecule has 39 heavy (non-hydrogen) atoms. The van der Waals surface area contributed by atoms with Gasteiger partial charge in [0.05, 0.1) is 23.0 Å². The fourth-order valence-electron chi connectivity index (χ4n) is 5.81. The summed E-state index contributed by atoms with van der Waals surface area (Å²) >= 11 is 0. The van der Waals surface area contributed by atoms with Gasteiger partial charge in [-0.3, -0.25) is 9.78 Å². The van der Waals surface area contributed by atoms with Gasteiger partial charge >= 0.3 is 0 Å². The molecule has 0 radical (unpaired) electrons. The molecule has 1 fully saturated rings. The lowest BCUT2D eigenvalue weighted by Crippen LogP contribution is -2.54. The third-order valence-corrected chi connectivity index (χ3v) is 7.60. The number of nitrogens with zero attached hydrogens (tertiary/aromatic N) is 4. The Morgan fingerprint density at radius 3 is 2.64 bits per heavy atom. The molecule has 4 aromatic rings. The van der Waals surface area contributed by atoms with Gasteiger partial charge in [-0.1, -0.05) is 6.92 Å². The van der Waals surface area contributed by atoms with E-state index in [2.05, 4.69) is 27.3 Å². The first kappa shape index (κ1) is 26.8. The van der Waals surface area contributed by atoms with Crippen molar-refractivity contribution >= 4 is 11.4 Å². The van der Waals surface area contributed by atoms with Crippen LogP contribution >= 0.6 is 0 Å². The van der Waals surface area contributed by atoms with Crippen molar-refractivity contribution in [3.8, 4) is 11.3 Å². The summed E-state index contributed by atoms with van der Waals surface area (Å²) in [4.78, 5) is 20.5. The normalized spacial score (nSPS) is 21.3. The maximum absolute atomic E-state index is 14.9. The summed E-state index contributed by atoms with van der Waals surface area (Å²) < 4.78 is 31.4. The molecular formula is C29H32F2N6O2. The van der Waals surface area contributed by atoms with Gasteiger partial charge in [0.25, 0.3) is 0 Å². The smallest absolute Gasteiger partial charge is 0.217 e. The van der Waals surface area contributed by atoms with E-state index < -0.39 is 11.6 Å². The zero-order valence-electron chi connectivity index (χ0n) is 21.9. The van der Waals surface area contributed by atoms with Crippen molar-refractivity contribution in [3.63, 3.8) is 0 Å².